The van der Waals surface area contributed by atoms with E-state index in [1.165, 1.54) is 0 Å². The average molecular weight is 362 g/mol. The van der Waals surface area contributed by atoms with E-state index in [0.717, 1.165) is 21.2 Å². The zero-order chi connectivity index (χ0) is 17.9. The first kappa shape index (κ1) is 16.5. The molecule has 0 atom stereocenters. The molecule has 1 N–H and O–H groups in total. The minimum atomic E-state index is -0.0917. The predicted octanol–water partition coefficient (Wildman–Crippen LogP) is 4.94. The van der Waals surface area contributed by atoms with Gasteiger partial charge in [-0.15, -0.1) is 0 Å². The van der Waals surface area contributed by atoms with Gasteiger partial charge in [-0.2, -0.15) is 0 Å². The van der Waals surface area contributed by atoms with Gasteiger partial charge in [-0.25, -0.2) is 0 Å². The van der Waals surface area contributed by atoms with Crippen molar-refractivity contribution in [2.75, 3.05) is 23.9 Å². The SMILES string of the molecule is COc1ccccc1NC(=O)CN1c2ccccc2Sc2ccccc21. The second kappa shape index (κ2) is 7.14. The number of benzene rings is 3. The van der Waals surface area contributed by atoms with Crippen molar-refractivity contribution in [3.05, 3.63) is 72.8 Å². The van der Waals surface area contributed by atoms with E-state index >= 15 is 0 Å². The molecule has 4 rings (SSSR count). The van der Waals surface area contributed by atoms with Gasteiger partial charge in [-0.1, -0.05) is 48.2 Å². The lowest BCUT2D eigenvalue weighted by Gasteiger charge is -2.32. The maximum absolute atomic E-state index is 12.8. The molecule has 0 unspecified atom stereocenters. The van der Waals surface area contributed by atoms with Crippen molar-refractivity contribution in [3.8, 4) is 5.75 Å². The van der Waals surface area contributed by atoms with E-state index in [-0.39, 0.29) is 12.5 Å². The van der Waals surface area contributed by atoms with Crippen LogP contribution in [0, 0.1) is 0 Å². The van der Waals surface area contributed by atoms with Crippen LogP contribution in [0.1, 0.15) is 0 Å². The normalized spacial score (nSPS) is 12.1. The number of hydrogen-bond donors (Lipinski definition) is 1. The van der Waals surface area contributed by atoms with E-state index in [9.17, 15) is 4.79 Å². The van der Waals surface area contributed by atoms with Gasteiger partial charge in [0, 0.05) is 9.79 Å². The molecular formula is C21H18N2O2S. The van der Waals surface area contributed by atoms with Crippen LogP contribution in [0.4, 0.5) is 17.1 Å². The number of nitrogens with zero attached hydrogens (tertiary/aromatic N) is 1. The molecule has 0 aromatic heterocycles. The minimum absolute atomic E-state index is 0.0917. The zero-order valence-electron chi connectivity index (χ0n) is 14.3. The van der Waals surface area contributed by atoms with Crippen LogP contribution in [0.2, 0.25) is 0 Å². The Balaban J connectivity index is 1.63. The second-order valence-corrected chi connectivity index (χ2v) is 6.96. The maximum atomic E-state index is 12.8. The first-order valence-electron chi connectivity index (χ1n) is 8.32. The van der Waals surface area contributed by atoms with Crippen LogP contribution in [0.3, 0.4) is 0 Å². The number of carbonyl (C=O) groups excluding carboxylic acids is 1. The third-order valence-electron chi connectivity index (χ3n) is 4.21. The van der Waals surface area contributed by atoms with E-state index in [1.807, 2.05) is 48.5 Å². The molecule has 0 aliphatic carbocycles. The second-order valence-electron chi connectivity index (χ2n) is 5.87. The van der Waals surface area contributed by atoms with Gasteiger partial charge in [-0.05, 0) is 36.4 Å². The van der Waals surface area contributed by atoms with Crippen LogP contribution in [-0.2, 0) is 4.79 Å². The first-order valence-corrected chi connectivity index (χ1v) is 9.14. The number of ether oxygens (including phenoxy) is 1. The van der Waals surface area contributed by atoms with E-state index < -0.39 is 0 Å². The number of rotatable bonds is 4. The van der Waals surface area contributed by atoms with Gasteiger partial charge in [-0.3, -0.25) is 4.79 Å². The van der Waals surface area contributed by atoms with Gasteiger partial charge in [0.15, 0.2) is 0 Å². The predicted molar refractivity (Wildman–Crippen MR) is 106 cm³/mol. The highest BCUT2D eigenvalue weighted by Crippen LogP contribution is 2.47. The number of anilines is 3. The molecule has 0 spiro atoms. The maximum Gasteiger partial charge on any atom is 0.244 e. The van der Waals surface area contributed by atoms with Gasteiger partial charge in [0.1, 0.15) is 12.3 Å². The van der Waals surface area contributed by atoms with Crippen LogP contribution in [0.15, 0.2) is 82.6 Å². The monoisotopic (exact) mass is 362 g/mol. The topological polar surface area (TPSA) is 41.6 Å². The van der Waals surface area contributed by atoms with Crippen LogP contribution >= 0.6 is 11.8 Å². The van der Waals surface area contributed by atoms with E-state index in [2.05, 4.69) is 34.5 Å². The number of fused-ring (bicyclic) bond motifs is 2. The molecule has 3 aromatic carbocycles. The van der Waals surface area contributed by atoms with Crippen LogP contribution in [0.5, 0.6) is 5.75 Å². The van der Waals surface area contributed by atoms with Crippen molar-refractivity contribution >= 4 is 34.7 Å². The Hall–Kier alpha value is -2.92. The molecule has 26 heavy (non-hydrogen) atoms. The summed E-state index contributed by atoms with van der Waals surface area (Å²) in [5.74, 6) is 0.557. The van der Waals surface area contributed by atoms with Crippen molar-refractivity contribution in [3.63, 3.8) is 0 Å². The Morgan fingerprint density at radius 1 is 0.923 bits per heavy atom. The fraction of sp³-hybridized carbons (Fsp3) is 0.0952. The lowest BCUT2D eigenvalue weighted by Crippen LogP contribution is -2.31. The largest absolute Gasteiger partial charge is 0.495 e. The molecule has 5 heteroatoms. The first-order chi connectivity index (χ1) is 12.8. The summed E-state index contributed by atoms with van der Waals surface area (Å²) < 4.78 is 5.32. The lowest BCUT2D eigenvalue weighted by atomic mass is 10.2. The zero-order valence-corrected chi connectivity index (χ0v) is 15.1. The molecule has 0 saturated heterocycles. The summed E-state index contributed by atoms with van der Waals surface area (Å²) in [5.41, 5.74) is 2.77. The molecule has 1 amide bonds. The molecule has 1 aliphatic heterocycles. The summed E-state index contributed by atoms with van der Waals surface area (Å²) in [6.07, 6.45) is 0. The van der Waals surface area contributed by atoms with Crippen LogP contribution < -0.4 is 15.0 Å². The minimum Gasteiger partial charge on any atom is -0.495 e. The number of nitrogens with one attached hydrogen (secondary N) is 1. The molecule has 4 nitrogen and oxygen atoms in total. The van der Waals surface area contributed by atoms with Gasteiger partial charge in [0.05, 0.1) is 24.2 Å². The molecule has 0 saturated carbocycles. The summed E-state index contributed by atoms with van der Waals surface area (Å²) in [4.78, 5) is 17.1. The standard InChI is InChI=1S/C21H18N2O2S/c1-25-18-11-5-2-8-15(18)22-21(24)14-23-16-9-3-6-12-19(16)26-20-13-7-4-10-17(20)23/h2-13H,14H2,1H3,(H,22,24). The Kier molecular flexibility index (Phi) is 4.54. The molecule has 1 heterocycles. The van der Waals surface area contributed by atoms with Crippen molar-refractivity contribution in [2.45, 2.75) is 9.79 Å². The van der Waals surface area contributed by atoms with Gasteiger partial charge in [0.25, 0.3) is 0 Å². The molecule has 0 fully saturated rings. The molecule has 1 aliphatic rings. The van der Waals surface area contributed by atoms with Gasteiger partial charge >= 0.3 is 0 Å². The van der Waals surface area contributed by atoms with Gasteiger partial charge in [0.2, 0.25) is 5.91 Å². The fourth-order valence-electron chi connectivity index (χ4n) is 3.03. The Labute approximate surface area is 156 Å². The molecular weight excluding hydrogens is 344 g/mol. The summed E-state index contributed by atoms with van der Waals surface area (Å²) in [6.45, 7) is 0.229. The number of methoxy groups -OCH3 is 1. The lowest BCUT2D eigenvalue weighted by molar-refractivity contribution is -0.114. The summed E-state index contributed by atoms with van der Waals surface area (Å²) in [6, 6.07) is 23.7. The number of para-hydroxylation sites is 4. The smallest absolute Gasteiger partial charge is 0.244 e. The number of carbonyl (C=O) groups is 1. The third kappa shape index (κ3) is 3.13. The molecule has 0 radical (unpaired) electrons. The summed E-state index contributed by atoms with van der Waals surface area (Å²) >= 11 is 1.73. The van der Waals surface area contributed by atoms with E-state index in [0.29, 0.717) is 11.4 Å². The van der Waals surface area contributed by atoms with E-state index in [1.54, 1.807) is 18.9 Å². The molecule has 130 valence electrons. The molecule has 0 bridgehead atoms. The van der Waals surface area contributed by atoms with Crippen molar-refractivity contribution in [2.24, 2.45) is 0 Å². The van der Waals surface area contributed by atoms with Crippen molar-refractivity contribution in [1.29, 1.82) is 0 Å². The van der Waals surface area contributed by atoms with Gasteiger partial charge < -0.3 is 15.0 Å². The van der Waals surface area contributed by atoms with Crippen LogP contribution in [-0.4, -0.2) is 19.6 Å². The highest BCUT2D eigenvalue weighted by Gasteiger charge is 2.24. The third-order valence-corrected chi connectivity index (χ3v) is 5.35. The molecule has 3 aromatic rings. The number of amides is 1. The average Bonchev–Trinajstić information content (AvgIpc) is 2.68. The summed E-state index contributed by atoms with van der Waals surface area (Å²) in [5, 5.41) is 2.96. The Bertz CT molecular complexity index is 913. The summed E-state index contributed by atoms with van der Waals surface area (Å²) in [7, 11) is 1.60. The fourth-order valence-corrected chi connectivity index (χ4v) is 4.13. The highest BCUT2D eigenvalue weighted by atomic mass is 32.2. The van der Waals surface area contributed by atoms with Crippen molar-refractivity contribution in [1.82, 2.24) is 0 Å². The van der Waals surface area contributed by atoms with Crippen LogP contribution in [0.25, 0.3) is 0 Å². The Morgan fingerprint density at radius 2 is 1.50 bits per heavy atom. The Morgan fingerprint density at radius 3 is 2.15 bits per heavy atom. The van der Waals surface area contributed by atoms with E-state index in [4.69, 9.17) is 4.74 Å². The quantitative estimate of drug-likeness (QED) is 0.714. The number of hydrogen-bond acceptors (Lipinski definition) is 4. The van der Waals surface area contributed by atoms with Crippen molar-refractivity contribution < 1.29 is 9.53 Å². The highest BCUT2D eigenvalue weighted by molar-refractivity contribution is 7.99.